The van der Waals surface area contributed by atoms with Crippen LogP contribution in [0.5, 0.6) is 0 Å². The van der Waals surface area contributed by atoms with E-state index in [1.807, 2.05) is 67.9 Å². The number of benzene rings is 2. The molecule has 134 valence electrons. The standard InChI is InChI=1S/C20H21ClN4O/c1-13-9-10-16(11-19(13)21)23-20(26)22-12-18-14(2)24-25(15(18)3)17-7-5-4-6-8-17/h4-11H,12H2,1-3H3,(H2,22,23,26). The molecule has 0 fully saturated rings. The molecule has 2 N–H and O–H groups in total. The molecule has 5 nitrogen and oxygen atoms in total. The first-order valence-corrected chi connectivity index (χ1v) is 8.75. The molecule has 2 amide bonds. The third kappa shape index (κ3) is 3.89. The van der Waals surface area contributed by atoms with Gasteiger partial charge in [-0.2, -0.15) is 5.10 Å². The first kappa shape index (κ1) is 18.0. The van der Waals surface area contributed by atoms with Gasteiger partial charge in [0.15, 0.2) is 0 Å². The maximum Gasteiger partial charge on any atom is 0.319 e. The molecule has 0 atom stereocenters. The Labute approximate surface area is 158 Å². The van der Waals surface area contributed by atoms with E-state index >= 15 is 0 Å². The fourth-order valence-electron chi connectivity index (χ4n) is 2.77. The summed E-state index contributed by atoms with van der Waals surface area (Å²) in [5, 5.41) is 10.9. The predicted molar refractivity (Wildman–Crippen MR) is 105 cm³/mol. The van der Waals surface area contributed by atoms with Gasteiger partial charge in [0.1, 0.15) is 0 Å². The normalized spacial score (nSPS) is 10.6. The fraction of sp³-hybridized carbons (Fsp3) is 0.200. The van der Waals surface area contributed by atoms with E-state index in [1.54, 1.807) is 6.07 Å². The van der Waals surface area contributed by atoms with Crippen LogP contribution < -0.4 is 10.6 Å². The zero-order valence-electron chi connectivity index (χ0n) is 15.0. The average molecular weight is 369 g/mol. The third-order valence-electron chi connectivity index (χ3n) is 4.30. The largest absolute Gasteiger partial charge is 0.334 e. The Bertz CT molecular complexity index is 934. The Morgan fingerprint density at radius 3 is 2.54 bits per heavy atom. The maximum atomic E-state index is 12.2. The molecule has 0 unspecified atom stereocenters. The van der Waals surface area contributed by atoms with Gasteiger partial charge in [-0.25, -0.2) is 9.48 Å². The number of nitrogens with zero attached hydrogens (tertiary/aromatic N) is 2. The first-order valence-electron chi connectivity index (χ1n) is 8.37. The molecule has 0 spiro atoms. The molecule has 0 saturated heterocycles. The van der Waals surface area contributed by atoms with Crippen molar-refractivity contribution in [1.82, 2.24) is 15.1 Å². The van der Waals surface area contributed by atoms with Gasteiger partial charge in [-0.1, -0.05) is 35.9 Å². The Kier molecular flexibility index (Phi) is 5.28. The van der Waals surface area contributed by atoms with Gasteiger partial charge in [0.05, 0.1) is 11.4 Å². The highest BCUT2D eigenvalue weighted by Crippen LogP contribution is 2.20. The summed E-state index contributed by atoms with van der Waals surface area (Å²) in [5.74, 6) is 0. The number of hydrogen-bond donors (Lipinski definition) is 2. The molecule has 0 bridgehead atoms. The van der Waals surface area contributed by atoms with Crippen molar-refractivity contribution in [3.63, 3.8) is 0 Å². The van der Waals surface area contributed by atoms with Crippen molar-refractivity contribution in [1.29, 1.82) is 0 Å². The molecule has 0 saturated carbocycles. The summed E-state index contributed by atoms with van der Waals surface area (Å²) in [6, 6.07) is 15.1. The van der Waals surface area contributed by atoms with Crippen LogP contribution in [-0.2, 0) is 6.54 Å². The summed E-state index contributed by atoms with van der Waals surface area (Å²) in [7, 11) is 0. The van der Waals surface area contributed by atoms with Crippen LogP contribution in [0.25, 0.3) is 5.69 Å². The van der Waals surface area contributed by atoms with Gasteiger partial charge >= 0.3 is 6.03 Å². The molecule has 1 heterocycles. The lowest BCUT2D eigenvalue weighted by atomic mass is 10.2. The summed E-state index contributed by atoms with van der Waals surface area (Å²) in [6.07, 6.45) is 0. The second-order valence-electron chi connectivity index (χ2n) is 6.17. The second-order valence-corrected chi connectivity index (χ2v) is 6.58. The highest BCUT2D eigenvalue weighted by atomic mass is 35.5. The third-order valence-corrected chi connectivity index (χ3v) is 4.70. The van der Waals surface area contributed by atoms with Gasteiger partial charge < -0.3 is 10.6 Å². The minimum Gasteiger partial charge on any atom is -0.334 e. The minimum absolute atomic E-state index is 0.281. The zero-order chi connectivity index (χ0) is 18.7. The molecule has 26 heavy (non-hydrogen) atoms. The van der Waals surface area contributed by atoms with E-state index in [9.17, 15) is 4.79 Å². The van der Waals surface area contributed by atoms with E-state index in [2.05, 4.69) is 15.7 Å². The number of halogens is 1. The van der Waals surface area contributed by atoms with E-state index in [-0.39, 0.29) is 6.03 Å². The number of urea groups is 1. The van der Waals surface area contributed by atoms with Crippen molar-refractivity contribution >= 4 is 23.3 Å². The molecular weight excluding hydrogens is 348 g/mol. The number of carbonyl (C=O) groups is 1. The molecule has 1 aromatic heterocycles. The first-order chi connectivity index (χ1) is 12.5. The second kappa shape index (κ2) is 7.62. The van der Waals surface area contributed by atoms with Crippen LogP contribution in [0, 0.1) is 20.8 Å². The van der Waals surface area contributed by atoms with Crippen molar-refractivity contribution in [2.24, 2.45) is 0 Å². The number of carbonyl (C=O) groups excluding carboxylic acids is 1. The van der Waals surface area contributed by atoms with Gasteiger partial charge in [0.2, 0.25) is 0 Å². The smallest absolute Gasteiger partial charge is 0.319 e. The molecule has 3 rings (SSSR count). The number of para-hydroxylation sites is 1. The minimum atomic E-state index is -0.281. The zero-order valence-corrected chi connectivity index (χ0v) is 15.8. The maximum absolute atomic E-state index is 12.2. The van der Waals surface area contributed by atoms with E-state index in [0.717, 1.165) is 28.2 Å². The van der Waals surface area contributed by atoms with Crippen LogP contribution in [-0.4, -0.2) is 15.8 Å². The lowest BCUT2D eigenvalue weighted by Crippen LogP contribution is -2.28. The Hall–Kier alpha value is -2.79. The van der Waals surface area contributed by atoms with Crippen molar-refractivity contribution < 1.29 is 4.79 Å². The summed E-state index contributed by atoms with van der Waals surface area (Å²) in [6.45, 7) is 6.26. The summed E-state index contributed by atoms with van der Waals surface area (Å²) in [5.41, 5.74) is 5.53. The van der Waals surface area contributed by atoms with Crippen LogP contribution in [0.4, 0.5) is 10.5 Å². The average Bonchev–Trinajstić information content (AvgIpc) is 2.91. The molecule has 6 heteroatoms. The number of aromatic nitrogens is 2. The molecular formula is C20H21ClN4O. The highest BCUT2D eigenvalue weighted by Gasteiger charge is 2.13. The summed E-state index contributed by atoms with van der Waals surface area (Å²) < 4.78 is 1.89. The van der Waals surface area contributed by atoms with E-state index in [4.69, 9.17) is 11.6 Å². The van der Waals surface area contributed by atoms with Gasteiger partial charge in [0.25, 0.3) is 0 Å². The molecule has 0 aliphatic carbocycles. The van der Waals surface area contributed by atoms with Crippen molar-refractivity contribution in [2.75, 3.05) is 5.32 Å². The summed E-state index contributed by atoms with van der Waals surface area (Å²) >= 11 is 6.09. The van der Waals surface area contributed by atoms with E-state index in [0.29, 0.717) is 17.3 Å². The van der Waals surface area contributed by atoms with Crippen LogP contribution in [0.3, 0.4) is 0 Å². The number of amides is 2. The van der Waals surface area contributed by atoms with Gasteiger partial charge in [-0.05, 0) is 50.6 Å². The van der Waals surface area contributed by atoms with Crippen molar-refractivity contribution in [3.05, 3.63) is 76.1 Å². The number of anilines is 1. The number of hydrogen-bond acceptors (Lipinski definition) is 2. The van der Waals surface area contributed by atoms with E-state index in [1.165, 1.54) is 0 Å². The highest BCUT2D eigenvalue weighted by molar-refractivity contribution is 6.31. The van der Waals surface area contributed by atoms with Gasteiger partial charge in [0, 0.05) is 28.5 Å². The van der Waals surface area contributed by atoms with Crippen molar-refractivity contribution in [3.8, 4) is 5.69 Å². The summed E-state index contributed by atoms with van der Waals surface area (Å²) in [4.78, 5) is 12.2. The fourth-order valence-corrected chi connectivity index (χ4v) is 2.95. The quantitative estimate of drug-likeness (QED) is 0.696. The van der Waals surface area contributed by atoms with Crippen LogP contribution in [0.15, 0.2) is 48.5 Å². The Morgan fingerprint density at radius 2 is 1.85 bits per heavy atom. The Morgan fingerprint density at radius 1 is 1.12 bits per heavy atom. The molecule has 0 aliphatic heterocycles. The SMILES string of the molecule is Cc1ccc(NC(=O)NCc2c(C)nn(-c3ccccc3)c2C)cc1Cl. The number of aryl methyl sites for hydroxylation is 2. The lowest BCUT2D eigenvalue weighted by Gasteiger charge is -2.09. The van der Waals surface area contributed by atoms with Crippen LogP contribution in [0.2, 0.25) is 5.02 Å². The lowest BCUT2D eigenvalue weighted by molar-refractivity contribution is 0.251. The topological polar surface area (TPSA) is 59.0 Å². The molecule has 2 aromatic carbocycles. The molecule has 0 radical (unpaired) electrons. The van der Waals surface area contributed by atoms with Gasteiger partial charge in [-0.15, -0.1) is 0 Å². The van der Waals surface area contributed by atoms with Gasteiger partial charge in [-0.3, -0.25) is 0 Å². The number of nitrogens with one attached hydrogen (secondary N) is 2. The predicted octanol–water partition coefficient (Wildman–Crippen LogP) is 4.77. The molecule has 0 aliphatic rings. The monoisotopic (exact) mass is 368 g/mol. The number of rotatable bonds is 4. The van der Waals surface area contributed by atoms with Crippen LogP contribution >= 0.6 is 11.6 Å². The Balaban J connectivity index is 1.69. The van der Waals surface area contributed by atoms with Crippen molar-refractivity contribution in [2.45, 2.75) is 27.3 Å². The molecule has 3 aromatic rings. The van der Waals surface area contributed by atoms with Crippen LogP contribution in [0.1, 0.15) is 22.5 Å². The van der Waals surface area contributed by atoms with E-state index < -0.39 is 0 Å².